The normalized spacial score (nSPS) is 11.6. The summed E-state index contributed by atoms with van der Waals surface area (Å²) in [6, 6.07) is 16.4. The Hall–Kier alpha value is -5.72. The van der Waals surface area contributed by atoms with E-state index in [4.69, 9.17) is 9.47 Å². The summed E-state index contributed by atoms with van der Waals surface area (Å²) in [6.45, 7) is 0. The Kier molecular flexibility index (Phi) is 6.33. The largest absolute Gasteiger partial charge is 0.490 e. The highest BCUT2D eigenvalue weighted by Crippen LogP contribution is 2.40. The van der Waals surface area contributed by atoms with Gasteiger partial charge in [-0.1, -0.05) is 0 Å². The Morgan fingerprint density at radius 1 is 0.762 bits per heavy atom. The molecule has 3 N–H and O–H groups in total. The zero-order valence-electron chi connectivity index (χ0n) is 21.1. The van der Waals surface area contributed by atoms with E-state index in [2.05, 4.69) is 9.97 Å². The van der Waals surface area contributed by atoms with Gasteiger partial charge in [0.15, 0.2) is 0 Å². The summed E-state index contributed by atoms with van der Waals surface area (Å²) in [5.41, 5.74) is -1.97. The molecule has 3 aromatic carbocycles. The summed E-state index contributed by atoms with van der Waals surface area (Å²) < 4.78 is 67.5. The SMILES string of the molecule is O=c1n(-c2ccc(Oc3ccnc4[nH]ccc34)cc2)c(O)c(O)n1-c1ccc(Oc2ccc(F)cc2)c(C(F)(F)F)c1. The minimum atomic E-state index is -4.92. The minimum Gasteiger partial charge on any atom is -0.490 e. The molecule has 6 rings (SSSR count). The summed E-state index contributed by atoms with van der Waals surface area (Å²) in [5.74, 6) is -2.23. The van der Waals surface area contributed by atoms with E-state index in [0.29, 0.717) is 27.8 Å². The fourth-order valence-corrected chi connectivity index (χ4v) is 4.36. The molecular weight excluding hydrogens is 560 g/mol. The Bertz CT molecular complexity index is 1980. The van der Waals surface area contributed by atoms with E-state index < -0.39 is 46.4 Å². The van der Waals surface area contributed by atoms with Crippen molar-refractivity contribution in [3.05, 3.63) is 113 Å². The van der Waals surface area contributed by atoms with Crippen molar-refractivity contribution in [3.8, 4) is 46.1 Å². The van der Waals surface area contributed by atoms with Crippen molar-refractivity contribution in [1.82, 2.24) is 19.1 Å². The molecule has 13 heteroatoms. The second-order valence-electron chi connectivity index (χ2n) is 8.98. The molecule has 9 nitrogen and oxygen atoms in total. The molecule has 42 heavy (non-hydrogen) atoms. The molecule has 0 atom stereocenters. The molecule has 0 bridgehead atoms. The topological polar surface area (TPSA) is 115 Å². The van der Waals surface area contributed by atoms with Crippen LogP contribution in [0.2, 0.25) is 0 Å². The van der Waals surface area contributed by atoms with Crippen LogP contribution in [0.15, 0.2) is 96.1 Å². The molecule has 3 heterocycles. The molecule has 212 valence electrons. The zero-order valence-corrected chi connectivity index (χ0v) is 21.1. The quantitative estimate of drug-likeness (QED) is 0.191. The van der Waals surface area contributed by atoms with E-state index >= 15 is 0 Å². The van der Waals surface area contributed by atoms with E-state index in [1.807, 2.05) is 0 Å². The number of hydrogen-bond donors (Lipinski definition) is 3. The van der Waals surface area contributed by atoms with Crippen molar-refractivity contribution in [2.24, 2.45) is 0 Å². The highest BCUT2D eigenvalue weighted by Gasteiger charge is 2.36. The van der Waals surface area contributed by atoms with Gasteiger partial charge in [0.2, 0.25) is 0 Å². The van der Waals surface area contributed by atoms with Crippen LogP contribution in [0.4, 0.5) is 17.6 Å². The Labute approximate surface area is 233 Å². The molecule has 0 aliphatic carbocycles. The van der Waals surface area contributed by atoms with Gasteiger partial charge in [-0.25, -0.2) is 23.3 Å². The van der Waals surface area contributed by atoms with Gasteiger partial charge in [-0.3, -0.25) is 0 Å². The number of halogens is 4. The number of aromatic hydroxyl groups is 2. The van der Waals surface area contributed by atoms with E-state index in [1.165, 1.54) is 24.3 Å². The lowest BCUT2D eigenvalue weighted by molar-refractivity contribution is -0.138. The van der Waals surface area contributed by atoms with Crippen LogP contribution >= 0.6 is 0 Å². The average Bonchev–Trinajstić information content (AvgIpc) is 3.53. The van der Waals surface area contributed by atoms with Crippen molar-refractivity contribution < 1.29 is 37.2 Å². The van der Waals surface area contributed by atoms with Crippen LogP contribution in [0.5, 0.6) is 34.8 Å². The molecule has 0 saturated heterocycles. The third kappa shape index (κ3) is 4.76. The third-order valence-corrected chi connectivity index (χ3v) is 6.32. The molecule has 0 amide bonds. The minimum absolute atomic E-state index is 0.0488. The summed E-state index contributed by atoms with van der Waals surface area (Å²) in [5, 5.41) is 21.9. The van der Waals surface area contributed by atoms with Gasteiger partial charge < -0.3 is 24.7 Å². The van der Waals surface area contributed by atoms with E-state index in [-0.39, 0.29) is 11.4 Å². The number of fused-ring (bicyclic) bond motifs is 1. The van der Waals surface area contributed by atoms with E-state index in [1.54, 1.807) is 24.5 Å². The van der Waals surface area contributed by atoms with Crippen LogP contribution in [0.1, 0.15) is 5.56 Å². The van der Waals surface area contributed by atoms with Gasteiger partial charge in [0.05, 0.1) is 16.8 Å². The highest BCUT2D eigenvalue weighted by atomic mass is 19.4. The molecule has 0 fully saturated rings. The molecule has 0 radical (unpaired) electrons. The lowest BCUT2D eigenvalue weighted by Gasteiger charge is -2.15. The van der Waals surface area contributed by atoms with Crippen LogP contribution < -0.4 is 15.2 Å². The van der Waals surface area contributed by atoms with Crippen LogP contribution in [0, 0.1) is 5.82 Å². The monoisotopic (exact) mass is 578 g/mol. The Morgan fingerprint density at radius 2 is 1.36 bits per heavy atom. The second-order valence-corrected chi connectivity index (χ2v) is 8.98. The number of pyridine rings is 1. The first-order valence-electron chi connectivity index (χ1n) is 12.2. The predicted molar refractivity (Wildman–Crippen MR) is 142 cm³/mol. The van der Waals surface area contributed by atoms with Gasteiger partial charge in [-0.2, -0.15) is 13.2 Å². The summed E-state index contributed by atoms with van der Waals surface area (Å²) >= 11 is 0. The molecule has 6 aromatic rings. The number of nitrogens with zero attached hydrogens (tertiary/aromatic N) is 3. The molecule has 3 aromatic heterocycles. The lowest BCUT2D eigenvalue weighted by Crippen LogP contribution is -2.22. The van der Waals surface area contributed by atoms with Crippen LogP contribution in [-0.2, 0) is 6.18 Å². The number of nitrogens with one attached hydrogen (secondary N) is 1. The van der Waals surface area contributed by atoms with Gasteiger partial charge in [0.25, 0.3) is 11.8 Å². The maximum absolute atomic E-state index is 14.0. The highest BCUT2D eigenvalue weighted by molar-refractivity contribution is 5.82. The molecule has 0 unspecified atom stereocenters. The number of benzene rings is 3. The lowest BCUT2D eigenvalue weighted by atomic mass is 10.1. The maximum atomic E-state index is 14.0. The first-order valence-corrected chi connectivity index (χ1v) is 12.2. The van der Waals surface area contributed by atoms with Gasteiger partial charge in [0, 0.05) is 12.4 Å². The van der Waals surface area contributed by atoms with Gasteiger partial charge in [0.1, 0.15) is 40.0 Å². The number of hydrogen-bond acceptors (Lipinski definition) is 6. The van der Waals surface area contributed by atoms with Gasteiger partial charge in [-0.15, -0.1) is 0 Å². The summed E-state index contributed by atoms with van der Waals surface area (Å²) in [6.07, 6.45) is -1.65. The molecular formula is C29H18F4N4O5. The summed E-state index contributed by atoms with van der Waals surface area (Å²) in [4.78, 5) is 20.4. The number of H-pyrrole nitrogens is 1. The Morgan fingerprint density at radius 3 is 2.02 bits per heavy atom. The van der Waals surface area contributed by atoms with Crippen LogP contribution in [0.3, 0.4) is 0 Å². The third-order valence-electron chi connectivity index (χ3n) is 6.32. The molecule has 0 spiro atoms. The van der Waals surface area contributed by atoms with E-state index in [0.717, 1.165) is 46.4 Å². The fourth-order valence-electron chi connectivity index (χ4n) is 4.36. The van der Waals surface area contributed by atoms with E-state index in [9.17, 15) is 32.6 Å². The van der Waals surface area contributed by atoms with Crippen molar-refractivity contribution >= 4 is 11.0 Å². The molecule has 0 aliphatic rings. The second kappa shape index (κ2) is 10.0. The standard InChI is InChI=1S/C29H18F4N4O5/c30-16-1-6-19(7-2-16)42-24-10-5-18(15-22(24)29(31,32)33)37-27(39)26(38)36(28(37)40)17-3-8-20(9-4-17)41-23-12-14-35-25-21(23)11-13-34-25/h1-15,38-39H,(H,34,35). The smallest absolute Gasteiger partial charge is 0.420 e. The number of aromatic nitrogens is 4. The molecule has 0 aliphatic heterocycles. The van der Waals surface area contributed by atoms with Crippen molar-refractivity contribution in [1.29, 1.82) is 0 Å². The molecule has 0 saturated carbocycles. The zero-order chi connectivity index (χ0) is 29.6. The first kappa shape index (κ1) is 26.5. The maximum Gasteiger partial charge on any atom is 0.420 e. The number of rotatable bonds is 6. The Balaban J connectivity index is 1.34. The number of imidazole rings is 1. The van der Waals surface area contributed by atoms with Crippen molar-refractivity contribution in [2.45, 2.75) is 6.18 Å². The number of ether oxygens (including phenoxy) is 2. The number of alkyl halides is 3. The average molecular weight is 578 g/mol. The fraction of sp³-hybridized carbons (Fsp3) is 0.0345. The van der Waals surface area contributed by atoms with Gasteiger partial charge in [-0.05, 0) is 78.9 Å². The number of aromatic amines is 1. The van der Waals surface area contributed by atoms with Crippen molar-refractivity contribution in [2.75, 3.05) is 0 Å². The van der Waals surface area contributed by atoms with Gasteiger partial charge >= 0.3 is 11.9 Å². The summed E-state index contributed by atoms with van der Waals surface area (Å²) in [7, 11) is 0. The predicted octanol–water partition coefficient (Wildman–Crippen LogP) is 6.66. The van der Waals surface area contributed by atoms with Crippen molar-refractivity contribution in [3.63, 3.8) is 0 Å². The van der Waals surface area contributed by atoms with Crippen LogP contribution in [0.25, 0.3) is 22.4 Å². The first-order chi connectivity index (χ1) is 20.1. The van der Waals surface area contributed by atoms with Crippen LogP contribution in [-0.4, -0.2) is 29.3 Å².